The number of carbonyl (C=O) groups excluding carboxylic acids is 2. The molecule has 1 aromatic carbocycles. The van der Waals surface area contributed by atoms with E-state index < -0.39 is 11.6 Å². The van der Waals surface area contributed by atoms with Gasteiger partial charge in [-0.15, -0.1) is 0 Å². The lowest BCUT2D eigenvalue weighted by Crippen LogP contribution is -2.70. The number of hydrogen-bond acceptors (Lipinski definition) is 4. The number of carbonyl (C=O) groups is 2. The van der Waals surface area contributed by atoms with Gasteiger partial charge in [0, 0.05) is 23.7 Å². The van der Waals surface area contributed by atoms with E-state index in [1.165, 1.54) is 0 Å². The maximum absolute atomic E-state index is 13.9. The third kappa shape index (κ3) is 4.13. The summed E-state index contributed by atoms with van der Waals surface area (Å²) in [7, 11) is 0. The van der Waals surface area contributed by atoms with Gasteiger partial charge in [-0.2, -0.15) is 0 Å². The van der Waals surface area contributed by atoms with Crippen molar-refractivity contribution in [2.24, 2.45) is 5.73 Å². The Morgan fingerprint density at radius 3 is 2.24 bits per heavy atom. The second kappa shape index (κ2) is 7.63. The molecule has 1 unspecified atom stereocenters. The molecule has 1 aromatic rings. The highest BCUT2D eigenvalue weighted by molar-refractivity contribution is 5.91. The second-order valence-corrected chi connectivity index (χ2v) is 10.0. The summed E-state index contributed by atoms with van der Waals surface area (Å²) < 4.78 is 5.56. The van der Waals surface area contributed by atoms with Gasteiger partial charge in [0.15, 0.2) is 0 Å². The second-order valence-electron chi connectivity index (χ2n) is 10.0. The summed E-state index contributed by atoms with van der Waals surface area (Å²) >= 11 is 0. The zero-order valence-electron chi connectivity index (χ0n) is 18.4. The van der Waals surface area contributed by atoms with Crippen LogP contribution in [0.5, 0.6) is 0 Å². The van der Waals surface area contributed by atoms with E-state index in [-0.39, 0.29) is 29.6 Å². The van der Waals surface area contributed by atoms with Crippen LogP contribution in [0.15, 0.2) is 30.3 Å². The number of rotatable bonds is 3. The molecule has 2 aliphatic heterocycles. The van der Waals surface area contributed by atoms with Gasteiger partial charge in [-0.05, 0) is 65.9 Å². The maximum atomic E-state index is 13.9. The highest BCUT2D eigenvalue weighted by Crippen LogP contribution is 2.42. The van der Waals surface area contributed by atoms with Gasteiger partial charge in [0.05, 0.1) is 0 Å². The molecule has 2 amide bonds. The first-order valence-corrected chi connectivity index (χ1v) is 10.6. The predicted molar refractivity (Wildman–Crippen MR) is 113 cm³/mol. The fourth-order valence-corrected chi connectivity index (χ4v) is 5.42. The van der Waals surface area contributed by atoms with E-state index >= 15 is 0 Å². The van der Waals surface area contributed by atoms with E-state index in [0.29, 0.717) is 13.0 Å². The molecule has 6 nitrogen and oxygen atoms in total. The molecule has 1 atom stereocenters. The molecule has 0 spiro atoms. The zero-order chi connectivity index (χ0) is 21.4. The molecular weight excluding hydrogens is 366 g/mol. The summed E-state index contributed by atoms with van der Waals surface area (Å²) in [4.78, 5) is 30.4. The minimum Gasteiger partial charge on any atom is -0.445 e. The standard InChI is InChI=1S/C23H35N3O3/c1-21(2)14-18(24)15-22(3,4)26(21)19(27)23(5)12-9-13-25(23)20(28)29-16-17-10-7-6-8-11-17/h6-8,10-11,18H,9,12-16,24H2,1-5H3. The number of ether oxygens (including phenoxy) is 1. The van der Waals surface area contributed by atoms with Crippen LogP contribution < -0.4 is 5.73 Å². The average molecular weight is 402 g/mol. The number of nitrogens with two attached hydrogens (primary N) is 1. The number of nitrogens with zero attached hydrogens (tertiary/aromatic N) is 2. The van der Waals surface area contributed by atoms with Crippen molar-refractivity contribution in [3.8, 4) is 0 Å². The minimum atomic E-state index is -0.899. The third-order valence-corrected chi connectivity index (χ3v) is 6.46. The molecule has 2 saturated heterocycles. The normalized spacial score (nSPS) is 26.4. The van der Waals surface area contributed by atoms with Crippen molar-refractivity contribution in [3.05, 3.63) is 35.9 Å². The van der Waals surface area contributed by atoms with E-state index in [0.717, 1.165) is 24.8 Å². The van der Waals surface area contributed by atoms with E-state index in [1.54, 1.807) is 4.90 Å². The lowest BCUT2D eigenvalue weighted by molar-refractivity contribution is -0.160. The molecule has 3 rings (SSSR count). The largest absolute Gasteiger partial charge is 0.445 e. The summed E-state index contributed by atoms with van der Waals surface area (Å²) in [5.74, 6) is -0.00596. The molecule has 0 aliphatic carbocycles. The molecule has 2 N–H and O–H groups in total. The summed E-state index contributed by atoms with van der Waals surface area (Å²) in [6.45, 7) is 10.9. The van der Waals surface area contributed by atoms with E-state index in [9.17, 15) is 9.59 Å². The SMILES string of the molecule is CC1(C)CC(N)CC(C)(C)N1C(=O)C1(C)CCCN1C(=O)OCc1ccccc1. The summed E-state index contributed by atoms with van der Waals surface area (Å²) in [5, 5.41) is 0. The number of amides is 2. The summed E-state index contributed by atoms with van der Waals surface area (Å²) in [6.07, 6.45) is 2.50. The van der Waals surface area contributed by atoms with E-state index in [1.807, 2.05) is 42.2 Å². The first-order valence-electron chi connectivity index (χ1n) is 10.6. The zero-order valence-corrected chi connectivity index (χ0v) is 18.4. The summed E-state index contributed by atoms with van der Waals surface area (Å²) in [5.41, 5.74) is 5.57. The van der Waals surface area contributed by atoms with Crippen LogP contribution in [0.3, 0.4) is 0 Å². The Morgan fingerprint density at radius 2 is 1.66 bits per heavy atom. The van der Waals surface area contributed by atoms with Crippen LogP contribution in [-0.2, 0) is 16.1 Å². The molecule has 0 bridgehead atoms. The third-order valence-electron chi connectivity index (χ3n) is 6.46. The van der Waals surface area contributed by atoms with Crippen LogP contribution in [0.25, 0.3) is 0 Å². The number of benzene rings is 1. The van der Waals surface area contributed by atoms with Crippen molar-refractivity contribution in [1.29, 1.82) is 0 Å². The Balaban J connectivity index is 1.80. The molecule has 29 heavy (non-hydrogen) atoms. The Morgan fingerprint density at radius 1 is 1.07 bits per heavy atom. The van der Waals surface area contributed by atoms with Gasteiger partial charge in [0.1, 0.15) is 12.1 Å². The molecule has 2 heterocycles. The van der Waals surface area contributed by atoms with Crippen molar-refractivity contribution in [3.63, 3.8) is 0 Å². The molecule has 0 radical (unpaired) electrons. The summed E-state index contributed by atoms with van der Waals surface area (Å²) in [6, 6.07) is 9.66. The topological polar surface area (TPSA) is 75.9 Å². The van der Waals surface area contributed by atoms with Crippen LogP contribution >= 0.6 is 0 Å². The van der Waals surface area contributed by atoms with Crippen LogP contribution in [0, 0.1) is 0 Å². The van der Waals surface area contributed by atoms with Crippen molar-refractivity contribution in [1.82, 2.24) is 9.80 Å². The highest BCUT2D eigenvalue weighted by Gasteiger charge is 2.55. The number of piperidine rings is 1. The number of likely N-dealkylation sites (tertiary alicyclic amines) is 2. The first kappa shape index (κ1) is 21.6. The molecular formula is C23H35N3O3. The molecule has 0 aromatic heterocycles. The van der Waals surface area contributed by atoms with E-state index in [2.05, 4.69) is 27.7 Å². The van der Waals surface area contributed by atoms with E-state index in [4.69, 9.17) is 10.5 Å². The Kier molecular flexibility index (Phi) is 5.69. The maximum Gasteiger partial charge on any atom is 0.410 e. The Bertz CT molecular complexity index is 744. The minimum absolute atomic E-state index is 0.00596. The molecule has 160 valence electrons. The smallest absolute Gasteiger partial charge is 0.410 e. The van der Waals surface area contributed by atoms with Crippen LogP contribution in [0.2, 0.25) is 0 Å². The van der Waals surface area contributed by atoms with Gasteiger partial charge in [0.25, 0.3) is 0 Å². The monoisotopic (exact) mass is 401 g/mol. The van der Waals surface area contributed by atoms with Crippen LogP contribution in [-0.4, -0.2) is 51.0 Å². The quantitative estimate of drug-likeness (QED) is 0.838. The van der Waals surface area contributed by atoms with Gasteiger partial charge in [0.2, 0.25) is 5.91 Å². The van der Waals surface area contributed by atoms with Gasteiger partial charge >= 0.3 is 6.09 Å². The fraction of sp³-hybridized carbons (Fsp3) is 0.652. The fourth-order valence-electron chi connectivity index (χ4n) is 5.42. The van der Waals surface area contributed by atoms with Crippen molar-refractivity contribution in [2.45, 2.75) is 89.6 Å². The van der Waals surface area contributed by atoms with Crippen LogP contribution in [0.1, 0.15) is 65.9 Å². The molecule has 0 saturated carbocycles. The van der Waals surface area contributed by atoms with Crippen LogP contribution in [0.4, 0.5) is 4.79 Å². The van der Waals surface area contributed by atoms with Crippen molar-refractivity contribution >= 4 is 12.0 Å². The lowest BCUT2D eigenvalue weighted by atomic mass is 9.75. The Hall–Kier alpha value is -2.08. The van der Waals surface area contributed by atoms with Crippen molar-refractivity contribution < 1.29 is 14.3 Å². The Labute approximate surface area is 174 Å². The number of hydrogen-bond donors (Lipinski definition) is 1. The van der Waals surface area contributed by atoms with Gasteiger partial charge in [-0.3, -0.25) is 9.69 Å². The van der Waals surface area contributed by atoms with Gasteiger partial charge in [-0.25, -0.2) is 4.79 Å². The average Bonchev–Trinajstić information content (AvgIpc) is 3.01. The van der Waals surface area contributed by atoms with Gasteiger partial charge < -0.3 is 15.4 Å². The predicted octanol–water partition coefficient (Wildman–Crippen LogP) is 3.68. The lowest BCUT2D eigenvalue weighted by Gasteiger charge is -2.57. The molecule has 6 heteroatoms. The van der Waals surface area contributed by atoms with Crippen molar-refractivity contribution in [2.75, 3.05) is 6.54 Å². The van der Waals surface area contributed by atoms with Gasteiger partial charge in [-0.1, -0.05) is 30.3 Å². The first-order chi connectivity index (χ1) is 13.5. The molecule has 2 fully saturated rings. The molecule has 2 aliphatic rings. The highest BCUT2D eigenvalue weighted by atomic mass is 16.6.